The van der Waals surface area contributed by atoms with Crippen LogP contribution < -0.4 is 0 Å². The van der Waals surface area contributed by atoms with Gasteiger partial charge in [0.15, 0.2) is 0 Å². The summed E-state index contributed by atoms with van der Waals surface area (Å²) in [6, 6.07) is 19.3. The SMILES string of the molecule is C=CC(=O)N1C(=O)OC[C@H]1C(c1ccccc1)c1ccccc1. The van der Waals surface area contributed by atoms with E-state index in [1.54, 1.807) is 0 Å². The van der Waals surface area contributed by atoms with Gasteiger partial charge < -0.3 is 4.74 Å². The third kappa shape index (κ3) is 2.88. The van der Waals surface area contributed by atoms with Crippen molar-refractivity contribution >= 4 is 12.0 Å². The predicted octanol–water partition coefficient (Wildman–Crippen LogP) is 3.35. The molecule has 1 fully saturated rings. The Morgan fingerprint density at radius 1 is 1.09 bits per heavy atom. The maximum absolute atomic E-state index is 12.1. The highest BCUT2D eigenvalue weighted by atomic mass is 16.6. The average molecular weight is 307 g/mol. The standard InChI is InChI=1S/C19H17NO3/c1-2-17(21)20-16(13-23-19(20)22)18(14-9-5-3-6-10-14)15-11-7-4-8-12-15/h2-12,16,18H,1,13H2/t16-/m0/s1. The molecule has 1 aliphatic heterocycles. The van der Waals surface area contributed by atoms with Crippen LogP contribution in [0.5, 0.6) is 0 Å². The summed E-state index contributed by atoms with van der Waals surface area (Å²) >= 11 is 0. The lowest BCUT2D eigenvalue weighted by molar-refractivity contribution is -0.124. The Bertz CT molecular complexity index is 672. The number of rotatable bonds is 4. The zero-order chi connectivity index (χ0) is 16.2. The maximum Gasteiger partial charge on any atom is 0.417 e. The van der Waals surface area contributed by atoms with Gasteiger partial charge in [-0.2, -0.15) is 0 Å². The monoisotopic (exact) mass is 307 g/mol. The third-order valence-electron chi connectivity index (χ3n) is 4.02. The van der Waals surface area contributed by atoms with E-state index in [1.165, 1.54) is 0 Å². The second-order valence-electron chi connectivity index (χ2n) is 5.36. The first kappa shape index (κ1) is 15.0. The fraction of sp³-hybridized carbons (Fsp3) is 0.158. The van der Waals surface area contributed by atoms with Crippen LogP contribution in [-0.2, 0) is 9.53 Å². The van der Waals surface area contributed by atoms with Crippen molar-refractivity contribution in [2.24, 2.45) is 0 Å². The molecule has 1 heterocycles. The zero-order valence-corrected chi connectivity index (χ0v) is 12.6. The lowest BCUT2D eigenvalue weighted by Gasteiger charge is -2.28. The van der Waals surface area contributed by atoms with Gasteiger partial charge in [0.2, 0.25) is 0 Å². The molecule has 0 bridgehead atoms. The number of hydrogen-bond donors (Lipinski definition) is 0. The van der Waals surface area contributed by atoms with E-state index in [-0.39, 0.29) is 12.5 Å². The second kappa shape index (κ2) is 6.48. The van der Waals surface area contributed by atoms with E-state index in [0.29, 0.717) is 0 Å². The molecular formula is C19H17NO3. The van der Waals surface area contributed by atoms with Crippen molar-refractivity contribution in [3.8, 4) is 0 Å². The molecule has 1 aliphatic rings. The Balaban J connectivity index is 2.07. The Kier molecular flexibility index (Phi) is 4.24. The highest BCUT2D eigenvalue weighted by Gasteiger charge is 2.42. The summed E-state index contributed by atoms with van der Waals surface area (Å²) in [6.45, 7) is 3.65. The molecule has 4 heteroatoms. The summed E-state index contributed by atoms with van der Waals surface area (Å²) in [5.41, 5.74) is 2.06. The summed E-state index contributed by atoms with van der Waals surface area (Å²) in [4.78, 5) is 25.3. The Hall–Kier alpha value is -2.88. The molecule has 2 aromatic carbocycles. The lowest BCUT2D eigenvalue weighted by Crippen LogP contribution is -2.41. The van der Waals surface area contributed by atoms with E-state index in [1.807, 2.05) is 60.7 Å². The van der Waals surface area contributed by atoms with Gasteiger partial charge in [-0.15, -0.1) is 0 Å². The fourth-order valence-corrected chi connectivity index (χ4v) is 2.99. The van der Waals surface area contributed by atoms with Crippen LogP contribution in [0.3, 0.4) is 0 Å². The van der Waals surface area contributed by atoms with Gasteiger partial charge in [0.05, 0.1) is 6.04 Å². The van der Waals surface area contributed by atoms with Gasteiger partial charge in [-0.25, -0.2) is 9.69 Å². The van der Waals surface area contributed by atoms with Crippen LogP contribution >= 0.6 is 0 Å². The summed E-state index contributed by atoms with van der Waals surface area (Å²) in [5.74, 6) is -0.581. The molecule has 0 aliphatic carbocycles. The highest BCUT2D eigenvalue weighted by molar-refractivity contribution is 5.99. The average Bonchev–Trinajstić information content (AvgIpc) is 2.98. The van der Waals surface area contributed by atoms with Gasteiger partial charge >= 0.3 is 6.09 Å². The molecule has 0 saturated carbocycles. The quantitative estimate of drug-likeness (QED) is 0.814. The largest absolute Gasteiger partial charge is 0.447 e. The molecule has 2 aromatic rings. The van der Waals surface area contributed by atoms with Crippen LogP contribution in [0, 0.1) is 0 Å². The van der Waals surface area contributed by atoms with Crippen molar-refractivity contribution in [2.45, 2.75) is 12.0 Å². The van der Waals surface area contributed by atoms with Crippen molar-refractivity contribution in [3.05, 3.63) is 84.4 Å². The zero-order valence-electron chi connectivity index (χ0n) is 12.6. The Morgan fingerprint density at radius 3 is 2.09 bits per heavy atom. The topological polar surface area (TPSA) is 46.6 Å². The van der Waals surface area contributed by atoms with Crippen LogP contribution in [0.4, 0.5) is 4.79 Å². The molecule has 116 valence electrons. The van der Waals surface area contributed by atoms with Crippen molar-refractivity contribution in [3.63, 3.8) is 0 Å². The number of cyclic esters (lactones) is 1. The minimum absolute atomic E-state index is 0.146. The number of ether oxygens (including phenoxy) is 1. The molecule has 1 atom stereocenters. The number of carbonyl (C=O) groups is 2. The Labute approximate surface area is 135 Å². The number of benzene rings is 2. The fourth-order valence-electron chi connectivity index (χ4n) is 2.99. The smallest absolute Gasteiger partial charge is 0.417 e. The number of imide groups is 1. The molecule has 23 heavy (non-hydrogen) atoms. The van der Waals surface area contributed by atoms with E-state index in [0.717, 1.165) is 22.1 Å². The molecule has 0 aromatic heterocycles. The molecule has 3 rings (SSSR count). The van der Waals surface area contributed by atoms with Crippen molar-refractivity contribution in [1.29, 1.82) is 0 Å². The van der Waals surface area contributed by atoms with E-state index in [9.17, 15) is 9.59 Å². The van der Waals surface area contributed by atoms with Crippen molar-refractivity contribution in [1.82, 2.24) is 4.90 Å². The number of amides is 2. The summed E-state index contributed by atoms with van der Waals surface area (Å²) in [5, 5.41) is 0. The van der Waals surface area contributed by atoms with Crippen LogP contribution in [-0.4, -0.2) is 29.5 Å². The lowest BCUT2D eigenvalue weighted by atomic mass is 9.85. The number of hydrogen-bond acceptors (Lipinski definition) is 3. The van der Waals surface area contributed by atoms with Gasteiger partial charge in [0.1, 0.15) is 6.61 Å². The van der Waals surface area contributed by atoms with Gasteiger partial charge in [-0.1, -0.05) is 67.2 Å². The predicted molar refractivity (Wildman–Crippen MR) is 86.9 cm³/mol. The van der Waals surface area contributed by atoms with Gasteiger partial charge in [-0.3, -0.25) is 4.79 Å². The first-order valence-electron chi connectivity index (χ1n) is 7.44. The molecule has 0 spiro atoms. The van der Waals surface area contributed by atoms with E-state index >= 15 is 0 Å². The van der Waals surface area contributed by atoms with Crippen molar-refractivity contribution < 1.29 is 14.3 Å². The van der Waals surface area contributed by atoms with E-state index in [2.05, 4.69) is 6.58 Å². The van der Waals surface area contributed by atoms with E-state index in [4.69, 9.17) is 4.74 Å². The minimum atomic E-state index is -0.614. The first-order chi connectivity index (χ1) is 11.2. The summed E-state index contributed by atoms with van der Waals surface area (Å²) in [7, 11) is 0. The maximum atomic E-state index is 12.1. The first-order valence-corrected chi connectivity index (χ1v) is 7.44. The highest BCUT2D eigenvalue weighted by Crippen LogP contribution is 2.34. The number of nitrogens with zero attached hydrogens (tertiary/aromatic N) is 1. The normalized spacial score (nSPS) is 17.2. The summed E-state index contributed by atoms with van der Waals surface area (Å²) < 4.78 is 5.14. The van der Waals surface area contributed by atoms with Gasteiger partial charge in [0.25, 0.3) is 5.91 Å². The van der Waals surface area contributed by atoms with Crippen LogP contribution in [0.25, 0.3) is 0 Å². The third-order valence-corrected chi connectivity index (χ3v) is 4.02. The van der Waals surface area contributed by atoms with Gasteiger partial charge in [0, 0.05) is 5.92 Å². The molecule has 1 saturated heterocycles. The second-order valence-corrected chi connectivity index (χ2v) is 5.36. The van der Waals surface area contributed by atoms with Crippen molar-refractivity contribution in [2.75, 3.05) is 6.61 Å². The molecule has 0 N–H and O–H groups in total. The molecular weight excluding hydrogens is 290 g/mol. The van der Waals surface area contributed by atoms with Crippen LogP contribution in [0.1, 0.15) is 17.0 Å². The van der Waals surface area contributed by atoms with Crippen LogP contribution in [0.15, 0.2) is 73.3 Å². The van der Waals surface area contributed by atoms with E-state index < -0.39 is 18.0 Å². The molecule has 2 amide bonds. The number of carbonyl (C=O) groups excluding carboxylic acids is 2. The summed E-state index contributed by atoms with van der Waals surface area (Å²) in [6.07, 6.45) is 0.531. The minimum Gasteiger partial charge on any atom is -0.447 e. The molecule has 0 radical (unpaired) electrons. The van der Waals surface area contributed by atoms with Gasteiger partial charge in [-0.05, 0) is 17.2 Å². The molecule has 4 nitrogen and oxygen atoms in total. The van der Waals surface area contributed by atoms with Crippen LogP contribution in [0.2, 0.25) is 0 Å². The molecule has 0 unspecified atom stereocenters. The Morgan fingerprint density at radius 2 is 1.61 bits per heavy atom.